The molecule has 3 N–H and O–H groups in total. The molecule has 0 aliphatic rings. The van der Waals surface area contributed by atoms with Gasteiger partial charge in [-0.1, -0.05) is 39.8 Å². The summed E-state index contributed by atoms with van der Waals surface area (Å²) >= 11 is 0. The molecule has 0 aromatic heterocycles. The topological polar surface area (TPSA) is 116 Å². The summed E-state index contributed by atoms with van der Waals surface area (Å²) in [6.45, 7) is 7.99. The van der Waals surface area contributed by atoms with Crippen LogP contribution >= 0.6 is 0 Å². The van der Waals surface area contributed by atoms with E-state index in [1.54, 1.807) is 26.0 Å². The molecule has 0 unspecified atom stereocenters. The molecular formula is C21H27N3O5S. The molecule has 0 radical (unpaired) electrons. The van der Waals surface area contributed by atoms with Crippen LogP contribution in [-0.4, -0.2) is 42.7 Å². The first-order chi connectivity index (χ1) is 14.1. The van der Waals surface area contributed by atoms with Gasteiger partial charge in [-0.2, -0.15) is 4.31 Å². The summed E-state index contributed by atoms with van der Waals surface area (Å²) in [5, 5.41) is 9.95. The van der Waals surface area contributed by atoms with Gasteiger partial charge < -0.3 is 5.11 Å². The minimum atomic E-state index is -3.72. The van der Waals surface area contributed by atoms with E-state index in [0.717, 1.165) is 5.56 Å². The number of hydrogen-bond donors (Lipinski definition) is 3. The molecule has 0 heterocycles. The summed E-state index contributed by atoms with van der Waals surface area (Å²) in [4.78, 5) is 24.8. The first kappa shape index (κ1) is 23.4. The number of nitrogens with zero attached hydrogens (tertiary/aromatic N) is 1. The van der Waals surface area contributed by atoms with Gasteiger partial charge in [0.05, 0.1) is 10.5 Å². The molecule has 162 valence electrons. The number of hydrazine groups is 1. The van der Waals surface area contributed by atoms with Crippen LogP contribution in [0.1, 0.15) is 59.9 Å². The van der Waals surface area contributed by atoms with Crippen molar-refractivity contribution in [2.24, 2.45) is 0 Å². The van der Waals surface area contributed by atoms with Crippen LogP contribution in [0.3, 0.4) is 0 Å². The van der Waals surface area contributed by atoms with E-state index >= 15 is 0 Å². The monoisotopic (exact) mass is 433 g/mol. The van der Waals surface area contributed by atoms with Crippen molar-refractivity contribution < 1.29 is 23.1 Å². The van der Waals surface area contributed by atoms with Gasteiger partial charge in [0.25, 0.3) is 11.8 Å². The predicted molar refractivity (Wildman–Crippen MR) is 114 cm³/mol. The number of nitrogens with one attached hydrogen (secondary N) is 2. The molecule has 0 saturated heterocycles. The van der Waals surface area contributed by atoms with Crippen LogP contribution in [0.15, 0.2) is 47.4 Å². The van der Waals surface area contributed by atoms with E-state index in [9.17, 15) is 23.1 Å². The van der Waals surface area contributed by atoms with Crippen molar-refractivity contribution in [3.05, 3.63) is 59.2 Å². The van der Waals surface area contributed by atoms with Gasteiger partial charge in [-0.3, -0.25) is 20.4 Å². The number of phenolic OH excluding ortho intramolecular Hbond substituents is 1. The fraction of sp³-hybridized carbons (Fsp3) is 0.333. The zero-order valence-electron chi connectivity index (χ0n) is 17.5. The van der Waals surface area contributed by atoms with Gasteiger partial charge in [0.1, 0.15) is 5.75 Å². The normalized spacial score (nSPS) is 11.5. The molecule has 0 aliphatic heterocycles. The fourth-order valence-electron chi connectivity index (χ4n) is 2.86. The molecular weight excluding hydrogens is 406 g/mol. The quantitative estimate of drug-likeness (QED) is 0.581. The highest BCUT2D eigenvalue weighted by atomic mass is 32.2. The molecule has 2 aromatic carbocycles. The molecule has 0 fully saturated rings. The maximum absolute atomic E-state index is 12.6. The average molecular weight is 434 g/mol. The Labute approximate surface area is 176 Å². The first-order valence-corrected chi connectivity index (χ1v) is 11.1. The molecule has 30 heavy (non-hydrogen) atoms. The molecule has 0 atom stereocenters. The SMILES string of the molecule is CCN(CC)S(=O)(=O)c1cccc(C(=O)NNC(=O)c2cc(C(C)C)ccc2O)c1. The number of phenols is 1. The van der Waals surface area contributed by atoms with Crippen molar-refractivity contribution in [2.45, 2.75) is 38.5 Å². The van der Waals surface area contributed by atoms with E-state index < -0.39 is 21.8 Å². The number of sulfonamides is 1. The first-order valence-electron chi connectivity index (χ1n) is 9.65. The highest BCUT2D eigenvalue weighted by Gasteiger charge is 2.23. The van der Waals surface area contributed by atoms with Crippen molar-refractivity contribution in [3.8, 4) is 5.75 Å². The third-order valence-corrected chi connectivity index (χ3v) is 6.71. The van der Waals surface area contributed by atoms with Crippen LogP contribution in [0.25, 0.3) is 0 Å². The van der Waals surface area contributed by atoms with Crippen LogP contribution in [0.5, 0.6) is 5.75 Å². The van der Waals surface area contributed by atoms with E-state index in [4.69, 9.17) is 0 Å². The van der Waals surface area contributed by atoms with Gasteiger partial charge in [-0.15, -0.1) is 0 Å². The second-order valence-corrected chi connectivity index (χ2v) is 8.89. The average Bonchev–Trinajstić information content (AvgIpc) is 2.72. The molecule has 0 saturated carbocycles. The van der Waals surface area contributed by atoms with Crippen LogP contribution in [-0.2, 0) is 10.0 Å². The van der Waals surface area contributed by atoms with Gasteiger partial charge in [0.15, 0.2) is 0 Å². The number of aromatic hydroxyl groups is 1. The Hall–Kier alpha value is -2.91. The number of hydrogen-bond acceptors (Lipinski definition) is 5. The number of carbonyl (C=O) groups is 2. The summed E-state index contributed by atoms with van der Waals surface area (Å²) in [6, 6.07) is 10.3. The van der Waals surface area contributed by atoms with Crippen LogP contribution in [0, 0.1) is 0 Å². The summed E-state index contributed by atoms with van der Waals surface area (Å²) in [5.41, 5.74) is 5.46. The maximum Gasteiger partial charge on any atom is 0.273 e. The van der Waals surface area contributed by atoms with Gasteiger partial charge in [0, 0.05) is 18.7 Å². The number of amides is 2. The van der Waals surface area contributed by atoms with Gasteiger partial charge >= 0.3 is 0 Å². The maximum atomic E-state index is 12.6. The van der Waals surface area contributed by atoms with Crippen molar-refractivity contribution in [3.63, 3.8) is 0 Å². The van der Waals surface area contributed by atoms with Crippen LogP contribution in [0.2, 0.25) is 0 Å². The summed E-state index contributed by atoms with van der Waals surface area (Å²) in [6.07, 6.45) is 0. The van der Waals surface area contributed by atoms with Crippen LogP contribution in [0.4, 0.5) is 0 Å². The zero-order valence-corrected chi connectivity index (χ0v) is 18.3. The fourth-order valence-corrected chi connectivity index (χ4v) is 4.36. The van der Waals surface area contributed by atoms with Crippen molar-refractivity contribution in [2.75, 3.05) is 13.1 Å². The molecule has 0 bridgehead atoms. The Balaban J connectivity index is 2.16. The smallest absolute Gasteiger partial charge is 0.273 e. The molecule has 2 amide bonds. The Morgan fingerprint density at radius 2 is 1.63 bits per heavy atom. The van der Waals surface area contributed by atoms with Crippen molar-refractivity contribution >= 4 is 21.8 Å². The zero-order chi connectivity index (χ0) is 22.5. The molecule has 9 heteroatoms. The van der Waals surface area contributed by atoms with Crippen molar-refractivity contribution in [1.29, 1.82) is 0 Å². The van der Waals surface area contributed by atoms with E-state index in [-0.39, 0.29) is 27.7 Å². The van der Waals surface area contributed by atoms with Crippen LogP contribution < -0.4 is 10.9 Å². The lowest BCUT2D eigenvalue weighted by atomic mass is 10.00. The number of rotatable bonds is 7. The molecule has 2 aromatic rings. The van der Waals surface area contributed by atoms with Gasteiger partial charge in [-0.25, -0.2) is 8.42 Å². The molecule has 0 spiro atoms. The third-order valence-electron chi connectivity index (χ3n) is 4.66. The highest BCUT2D eigenvalue weighted by Crippen LogP contribution is 2.23. The lowest BCUT2D eigenvalue weighted by molar-refractivity contribution is 0.0845. The minimum Gasteiger partial charge on any atom is -0.507 e. The standard InChI is InChI=1S/C21H27N3O5S/c1-5-24(6-2)30(28,29)17-9-7-8-16(12-17)20(26)22-23-21(27)18-13-15(14(3)4)10-11-19(18)25/h7-14,25H,5-6H2,1-4H3,(H,22,26)(H,23,27). The van der Waals surface area contributed by atoms with Crippen molar-refractivity contribution in [1.82, 2.24) is 15.2 Å². The second-order valence-electron chi connectivity index (χ2n) is 6.96. The van der Waals surface area contributed by atoms with Gasteiger partial charge in [-0.05, 0) is 41.8 Å². The third kappa shape index (κ3) is 5.17. The minimum absolute atomic E-state index is 0.00699. The number of benzene rings is 2. The Bertz CT molecular complexity index is 1030. The Morgan fingerprint density at radius 1 is 1.00 bits per heavy atom. The second kappa shape index (κ2) is 9.73. The van der Waals surface area contributed by atoms with E-state index in [1.807, 2.05) is 13.8 Å². The van der Waals surface area contributed by atoms with E-state index in [1.165, 1.54) is 34.6 Å². The predicted octanol–water partition coefficient (Wildman–Crippen LogP) is 2.62. The molecule has 8 nitrogen and oxygen atoms in total. The van der Waals surface area contributed by atoms with E-state index in [2.05, 4.69) is 10.9 Å². The van der Waals surface area contributed by atoms with Gasteiger partial charge in [0.2, 0.25) is 10.0 Å². The lowest BCUT2D eigenvalue weighted by Gasteiger charge is -2.18. The summed E-state index contributed by atoms with van der Waals surface area (Å²) < 4.78 is 26.6. The lowest BCUT2D eigenvalue weighted by Crippen LogP contribution is -2.41. The number of carbonyl (C=O) groups excluding carboxylic acids is 2. The highest BCUT2D eigenvalue weighted by molar-refractivity contribution is 7.89. The van der Waals surface area contributed by atoms with E-state index in [0.29, 0.717) is 13.1 Å². The largest absolute Gasteiger partial charge is 0.507 e. The Morgan fingerprint density at radius 3 is 2.23 bits per heavy atom. The Kier molecular flexibility index (Phi) is 7.58. The summed E-state index contributed by atoms with van der Waals surface area (Å²) in [7, 11) is -3.72. The summed E-state index contributed by atoms with van der Waals surface area (Å²) in [5.74, 6) is -1.42. The molecule has 2 rings (SSSR count). The molecule has 0 aliphatic carbocycles.